The first-order valence-corrected chi connectivity index (χ1v) is 5.82. The molecular formula is C12H24N2. The van der Waals surface area contributed by atoms with Crippen molar-refractivity contribution in [2.75, 3.05) is 0 Å². The SMILES string of the molecule is CC1CC(C)CC(N=C(N)C(C)C)C1. The van der Waals surface area contributed by atoms with Gasteiger partial charge in [-0.3, -0.25) is 4.99 Å². The topological polar surface area (TPSA) is 38.4 Å². The minimum absolute atomic E-state index is 0.391. The van der Waals surface area contributed by atoms with E-state index in [9.17, 15) is 0 Å². The van der Waals surface area contributed by atoms with Crippen LogP contribution in [0.2, 0.25) is 0 Å². The van der Waals surface area contributed by atoms with Crippen molar-refractivity contribution in [2.45, 2.75) is 53.0 Å². The first kappa shape index (κ1) is 11.5. The zero-order chi connectivity index (χ0) is 10.7. The van der Waals surface area contributed by atoms with Gasteiger partial charge in [0.05, 0.1) is 11.9 Å². The molecule has 1 fully saturated rings. The predicted molar refractivity (Wildman–Crippen MR) is 62.4 cm³/mol. The summed E-state index contributed by atoms with van der Waals surface area (Å²) in [6.45, 7) is 8.86. The highest BCUT2D eigenvalue weighted by molar-refractivity contribution is 5.82. The van der Waals surface area contributed by atoms with Gasteiger partial charge < -0.3 is 5.73 Å². The summed E-state index contributed by atoms with van der Waals surface area (Å²) in [7, 11) is 0. The van der Waals surface area contributed by atoms with Gasteiger partial charge in [0.1, 0.15) is 0 Å². The summed E-state index contributed by atoms with van der Waals surface area (Å²) in [5, 5.41) is 0. The highest BCUT2D eigenvalue weighted by Gasteiger charge is 2.23. The minimum atomic E-state index is 0.391. The number of amidine groups is 1. The molecule has 1 aliphatic rings. The van der Waals surface area contributed by atoms with Crippen LogP contribution in [0, 0.1) is 17.8 Å². The van der Waals surface area contributed by atoms with E-state index in [0.717, 1.165) is 17.7 Å². The molecule has 2 atom stereocenters. The Hall–Kier alpha value is -0.530. The molecule has 0 bridgehead atoms. The van der Waals surface area contributed by atoms with E-state index in [0.29, 0.717) is 12.0 Å². The molecule has 0 aromatic carbocycles. The Bertz CT molecular complexity index is 198. The molecule has 0 aromatic heterocycles. The molecular weight excluding hydrogens is 172 g/mol. The summed E-state index contributed by atoms with van der Waals surface area (Å²) in [6.07, 6.45) is 3.79. The second-order valence-corrected chi connectivity index (χ2v) is 5.28. The third-order valence-electron chi connectivity index (χ3n) is 3.08. The number of aliphatic imine (C=N–C) groups is 1. The Kier molecular flexibility index (Phi) is 3.97. The Labute approximate surface area is 88.0 Å². The van der Waals surface area contributed by atoms with E-state index in [2.05, 4.69) is 32.7 Å². The van der Waals surface area contributed by atoms with Crippen LogP contribution in [-0.4, -0.2) is 11.9 Å². The molecule has 1 rings (SSSR count). The van der Waals surface area contributed by atoms with Crippen molar-refractivity contribution < 1.29 is 0 Å². The summed E-state index contributed by atoms with van der Waals surface area (Å²) in [5.74, 6) is 2.85. The van der Waals surface area contributed by atoms with E-state index in [-0.39, 0.29) is 0 Å². The maximum absolute atomic E-state index is 5.89. The number of rotatable bonds is 2. The van der Waals surface area contributed by atoms with Crippen LogP contribution in [0.3, 0.4) is 0 Å². The monoisotopic (exact) mass is 196 g/mol. The Morgan fingerprint density at radius 1 is 1.14 bits per heavy atom. The van der Waals surface area contributed by atoms with Crippen LogP contribution in [0.4, 0.5) is 0 Å². The molecule has 0 aromatic rings. The van der Waals surface area contributed by atoms with Crippen LogP contribution >= 0.6 is 0 Å². The van der Waals surface area contributed by atoms with Crippen LogP contribution in [0.5, 0.6) is 0 Å². The summed E-state index contributed by atoms with van der Waals surface area (Å²) in [4.78, 5) is 4.63. The third kappa shape index (κ3) is 3.32. The van der Waals surface area contributed by atoms with Crippen molar-refractivity contribution in [3.05, 3.63) is 0 Å². The van der Waals surface area contributed by atoms with Gasteiger partial charge in [-0.2, -0.15) is 0 Å². The zero-order valence-electron chi connectivity index (χ0n) is 9.96. The van der Waals surface area contributed by atoms with E-state index in [1.54, 1.807) is 0 Å². The average molecular weight is 196 g/mol. The van der Waals surface area contributed by atoms with Crippen LogP contribution in [0.15, 0.2) is 4.99 Å². The summed E-state index contributed by atoms with van der Waals surface area (Å²) < 4.78 is 0. The molecule has 0 aliphatic heterocycles. The Balaban J connectivity index is 2.56. The van der Waals surface area contributed by atoms with Crippen LogP contribution in [0.1, 0.15) is 47.0 Å². The molecule has 1 aliphatic carbocycles. The molecule has 2 unspecified atom stereocenters. The van der Waals surface area contributed by atoms with E-state index in [1.165, 1.54) is 19.3 Å². The van der Waals surface area contributed by atoms with Gasteiger partial charge in [0.15, 0.2) is 0 Å². The normalized spacial score (nSPS) is 34.9. The molecule has 2 heteroatoms. The van der Waals surface area contributed by atoms with E-state index in [1.807, 2.05) is 0 Å². The number of nitrogens with zero attached hydrogens (tertiary/aromatic N) is 1. The minimum Gasteiger partial charge on any atom is -0.387 e. The highest BCUT2D eigenvalue weighted by Crippen LogP contribution is 2.30. The van der Waals surface area contributed by atoms with Crippen molar-refractivity contribution in [1.29, 1.82) is 0 Å². The molecule has 82 valence electrons. The molecule has 14 heavy (non-hydrogen) atoms. The second-order valence-electron chi connectivity index (χ2n) is 5.28. The largest absolute Gasteiger partial charge is 0.387 e. The van der Waals surface area contributed by atoms with E-state index < -0.39 is 0 Å². The lowest BCUT2D eigenvalue weighted by Gasteiger charge is -2.29. The second kappa shape index (κ2) is 4.81. The molecule has 2 N–H and O–H groups in total. The van der Waals surface area contributed by atoms with Gasteiger partial charge >= 0.3 is 0 Å². The fourth-order valence-electron chi connectivity index (χ4n) is 2.37. The summed E-state index contributed by atoms with van der Waals surface area (Å²) in [5.41, 5.74) is 5.89. The van der Waals surface area contributed by atoms with Crippen LogP contribution in [-0.2, 0) is 0 Å². The molecule has 2 nitrogen and oxygen atoms in total. The first-order valence-electron chi connectivity index (χ1n) is 5.82. The predicted octanol–water partition coefficient (Wildman–Crippen LogP) is 2.82. The van der Waals surface area contributed by atoms with Gasteiger partial charge in [0.2, 0.25) is 0 Å². The number of nitrogens with two attached hydrogens (primary N) is 1. The lowest BCUT2D eigenvalue weighted by atomic mass is 9.80. The van der Waals surface area contributed by atoms with Gasteiger partial charge in [-0.1, -0.05) is 27.7 Å². The standard InChI is InChI=1S/C12H24N2/c1-8(2)12(13)14-11-6-9(3)5-10(4)7-11/h8-11H,5-7H2,1-4H3,(H2,13,14). The quantitative estimate of drug-likeness (QED) is 0.535. The summed E-state index contributed by atoms with van der Waals surface area (Å²) >= 11 is 0. The lowest BCUT2D eigenvalue weighted by Crippen LogP contribution is -2.27. The van der Waals surface area contributed by atoms with Gasteiger partial charge in [0.25, 0.3) is 0 Å². The van der Waals surface area contributed by atoms with E-state index >= 15 is 0 Å². The molecule has 0 spiro atoms. The van der Waals surface area contributed by atoms with Crippen LogP contribution < -0.4 is 5.73 Å². The number of hydrogen-bond donors (Lipinski definition) is 1. The highest BCUT2D eigenvalue weighted by atomic mass is 14.9. The van der Waals surface area contributed by atoms with Gasteiger partial charge in [0, 0.05) is 5.92 Å². The van der Waals surface area contributed by atoms with Crippen molar-refractivity contribution in [3.63, 3.8) is 0 Å². The maximum atomic E-state index is 5.89. The van der Waals surface area contributed by atoms with Gasteiger partial charge in [-0.15, -0.1) is 0 Å². The van der Waals surface area contributed by atoms with Gasteiger partial charge in [-0.05, 0) is 31.1 Å². The fraction of sp³-hybridized carbons (Fsp3) is 0.917. The molecule has 0 saturated heterocycles. The van der Waals surface area contributed by atoms with Crippen LogP contribution in [0.25, 0.3) is 0 Å². The van der Waals surface area contributed by atoms with E-state index in [4.69, 9.17) is 5.73 Å². The van der Waals surface area contributed by atoms with Crippen molar-refractivity contribution in [1.82, 2.24) is 0 Å². The smallest absolute Gasteiger partial charge is 0.0966 e. The lowest BCUT2D eigenvalue weighted by molar-refractivity contribution is 0.270. The molecule has 0 radical (unpaired) electrons. The van der Waals surface area contributed by atoms with Crippen molar-refractivity contribution in [2.24, 2.45) is 28.5 Å². The van der Waals surface area contributed by atoms with Gasteiger partial charge in [-0.25, -0.2) is 0 Å². The molecule has 0 heterocycles. The average Bonchev–Trinajstić information content (AvgIpc) is 2.01. The Morgan fingerprint density at radius 2 is 1.64 bits per heavy atom. The van der Waals surface area contributed by atoms with Crippen molar-refractivity contribution >= 4 is 5.84 Å². The maximum Gasteiger partial charge on any atom is 0.0966 e. The number of hydrogen-bond acceptors (Lipinski definition) is 1. The first-order chi connectivity index (χ1) is 6.49. The molecule has 0 amide bonds. The third-order valence-corrected chi connectivity index (χ3v) is 3.08. The summed E-state index contributed by atoms with van der Waals surface area (Å²) in [6, 6.07) is 0.483. The van der Waals surface area contributed by atoms with Crippen molar-refractivity contribution in [3.8, 4) is 0 Å². The fourth-order valence-corrected chi connectivity index (χ4v) is 2.37. The molecule has 1 saturated carbocycles. The zero-order valence-corrected chi connectivity index (χ0v) is 9.96. The Morgan fingerprint density at radius 3 is 2.07 bits per heavy atom.